The maximum absolute atomic E-state index is 12.3. The smallest absolute Gasteiger partial charge is 0.330 e. The monoisotopic (exact) mass is 630 g/mol. The fourth-order valence-electron chi connectivity index (χ4n) is 5.24. The molecule has 2 atom stereocenters. The number of aromatic nitrogens is 2. The van der Waals surface area contributed by atoms with Gasteiger partial charge < -0.3 is 28.8 Å². The van der Waals surface area contributed by atoms with E-state index in [0.29, 0.717) is 12.8 Å². The number of hydrogen-bond donors (Lipinski definition) is 2. The van der Waals surface area contributed by atoms with E-state index in [0.717, 1.165) is 28.2 Å². The molecule has 4 aromatic rings. The van der Waals surface area contributed by atoms with E-state index in [2.05, 4.69) is 4.98 Å². The lowest BCUT2D eigenvalue weighted by molar-refractivity contribution is -0.138. The van der Waals surface area contributed by atoms with E-state index in [1.165, 1.54) is 23.8 Å². The minimum atomic E-state index is -0.948. The second-order valence-corrected chi connectivity index (χ2v) is 10.7. The van der Waals surface area contributed by atoms with Gasteiger partial charge in [0.25, 0.3) is 5.56 Å². The molecule has 242 valence electrons. The highest BCUT2D eigenvalue weighted by Gasteiger charge is 2.39. The zero-order valence-corrected chi connectivity index (χ0v) is 26.0. The summed E-state index contributed by atoms with van der Waals surface area (Å²) in [4.78, 5) is 45.9. The number of rotatable bonds is 12. The van der Waals surface area contributed by atoms with Crippen LogP contribution in [0.4, 0.5) is 0 Å². The molecule has 11 heteroatoms. The number of ketones is 1. The van der Waals surface area contributed by atoms with Crippen LogP contribution in [-0.4, -0.2) is 53.3 Å². The Labute approximate surface area is 266 Å². The average molecular weight is 631 g/mol. The second-order valence-electron chi connectivity index (χ2n) is 10.7. The number of Topliss-reactive ketones (excluding diaryl/α,β-unsaturated/α-hetero) is 1. The molecule has 1 saturated heterocycles. The van der Waals surface area contributed by atoms with E-state index in [1.54, 1.807) is 14.2 Å². The summed E-state index contributed by atoms with van der Waals surface area (Å²) in [7, 11) is 3.28. The van der Waals surface area contributed by atoms with Gasteiger partial charge in [0.2, 0.25) is 0 Å². The molecule has 0 spiro atoms. The number of ether oxygens (including phenoxy) is 4. The van der Waals surface area contributed by atoms with Gasteiger partial charge in [-0.25, -0.2) is 4.79 Å². The van der Waals surface area contributed by atoms with Crippen molar-refractivity contribution in [2.75, 3.05) is 20.8 Å². The third-order valence-corrected chi connectivity index (χ3v) is 7.60. The Hall–Kier alpha value is -5.00. The third-order valence-electron chi connectivity index (χ3n) is 7.60. The molecule has 0 bridgehead atoms. The third kappa shape index (κ3) is 8.38. The SMILES string of the molecule is CC(=O)CCC(=O)O.COc1ccc(C(OC[C@@H]2CC[C@H](n3ccc(=O)[nH]c3=O)O2)(c2ccccc2)c2ccc(OC)cc2)cc1. The van der Waals surface area contributed by atoms with Crippen LogP contribution in [-0.2, 0) is 24.7 Å². The van der Waals surface area contributed by atoms with Crippen molar-refractivity contribution in [3.05, 3.63) is 129 Å². The minimum Gasteiger partial charge on any atom is -0.497 e. The van der Waals surface area contributed by atoms with Gasteiger partial charge in [-0.1, -0.05) is 54.6 Å². The number of nitrogens with zero attached hydrogens (tertiary/aromatic N) is 1. The largest absolute Gasteiger partial charge is 0.497 e. The number of carboxylic acid groups (broad SMARTS) is 1. The molecule has 0 amide bonds. The first-order chi connectivity index (χ1) is 22.2. The maximum atomic E-state index is 12.3. The number of carbonyl (C=O) groups excluding carboxylic acids is 1. The highest BCUT2D eigenvalue weighted by molar-refractivity contribution is 5.80. The van der Waals surface area contributed by atoms with Crippen LogP contribution < -0.4 is 20.7 Å². The Morgan fingerprint density at radius 3 is 1.89 bits per heavy atom. The summed E-state index contributed by atoms with van der Waals surface area (Å²) in [5.74, 6) is 0.505. The average Bonchev–Trinajstić information content (AvgIpc) is 3.54. The molecular formula is C35H38N2O9. The summed E-state index contributed by atoms with van der Waals surface area (Å²) >= 11 is 0. The number of aromatic amines is 1. The molecule has 1 fully saturated rings. The van der Waals surface area contributed by atoms with Crippen LogP contribution in [0.25, 0.3) is 0 Å². The van der Waals surface area contributed by atoms with E-state index in [-0.39, 0.29) is 31.3 Å². The summed E-state index contributed by atoms with van der Waals surface area (Å²) < 4.78 is 25.4. The molecule has 5 rings (SSSR count). The Balaban J connectivity index is 0.000000533. The molecule has 11 nitrogen and oxygen atoms in total. The van der Waals surface area contributed by atoms with Crippen LogP contribution >= 0.6 is 0 Å². The van der Waals surface area contributed by atoms with Crippen LogP contribution in [0.15, 0.2) is 101 Å². The van der Waals surface area contributed by atoms with Crippen molar-refractivity contribution >= 4 is 11.8 Å². The minimum absolute atomic E-state index is 0.0463. The van der Waals surface area contributed by atoms with E-state index < -0.39 is 29.0 Å². The van der Waals surface area contributed by atoms with Crippen LogP contribution in [0, 0.1) is 0 Å². The van der Waals surface area contributed by atoms with Crippen LogP contribution in [0.5, 0.6) is 11.5 Å². The van der Waals surface area contributed by atoms with Crippen LogP contribution in [0.3, 0.4) is 0 Å². The summed E-state index contributed by atoms with van der Waals surface area (Å²) in [6.07, 6.45) is 2.18. The van der Waals surface area contributed by atoms with Crippen molar-refractivity contribution in [3.63, 3.8) is 0 Å². The number of nitrogens with one attached hydrogen (secondary N) is 1. The van der Waals surface area contributed by atoms with Gasteiger partial charge in [0.1, 0.15) is 29.1 Å². The first-order valence-electron chi connectivity index (χ1n) is 14.8. The number of carbonyl (C=O) groups is 2. The number of carboxylic acids is 1. The quantitative estimate of drug-likeness (QED) is 0.213. The summed E-state index contributed by atoms with van der Waals surface area (Å²) in [5, 5.41) is 8.01. The predicted octanol–water partition coefficient (Wildman–Crippen LogP) is 4.68. The van der Waals surface area contributed by atoms with Gasteiger partial charge in [0.15, 0.2) is 0 Å². The zero-order chi connectivity index (χ0) is 33.1. The Bertz CT molecular complexity index is 1640. The van der Waals surface area contributed by atoms with Crippen molar-refractivity contribution in [1.29, 1.82) is 0 Å². The van der Waals surface area contributed by atoms with E-state index in [1.807, 2.05) is 78.9 Å². The van der Waals surface area contributed by atoms with Crippen molar-refractivity contribution in [2.24, 2.45) is 0 Å². The predicted molar refractivity (Wildman–Crippen MR) is 170 cm³/mol. The summed E-state index contributed by atoms with van der Waals surface area (Å²) in [5.41, 5.74) is 0.953. The van der Waals surface area contributed by atoms with Gasteiger partial charge in [-0.15, -0.1) is 0 Å². The molecule has 0 unspecified atom stereocenters. The fourth-order valence-corrected chi connectivity index (χ4v) is 5.24. The van der Waals surface area contributed by atoms with Crippen molar-refractivity contribution in [3.8, 4) is 11.5 Å². The summed E-state index contributed by atoms with van der Waals surface area (Å²) in [6, 6.07) is 27.1. The molecule has 2 N–H and O–H groups in total. The molecule has 3 aromatic carbocycles. The summed E-state index contributed by atoms with van der Waals surface area (Å²) in [6.45, 7) is 1.66. The van der Waals surface area contributed by atoms with Crippen molar-refractivity contribution in [1.82, 2.24) is 9.55 Å². The number of benzene rings is 3. The Kier molecular flexibility index (Phi) is 11.7. The van der Waals surface area contributed by atoms with Gasteiger partial charge in [0, 0.05) is 18.7 Å². The topological polar surface area (TPSA) is 146 Å². The lowest BCUT2D eigenvalue weighted by Crippen LogP contribution is -2.36. The second kappa shape index (κ2) is 15.8. The molecule has 1 aromatic heterocycles. The number of H-pyrrole nitrogens is 1. The van der Waals surface area contributed by atoms with Gasteiger partial charge in [-0.05, 0) is 60.7 Å². The number of aliphatic carboxylic acids is 1. The zero-order valence-electron chi connectivity index (χ0n) is 26.0. The highest BCUT2D eigenvalue weighted by Crippen LogP contribution is 2.42. The normalized spacial score (nSPS) is 15.8. The Morgan fingerprint density at radius 1 is 0.848 bits per heavy atom. The molecule has 0 aliphatic carbocycles. The first-order valence-corrected chi connectivity index (χ1v) is 14.8. The van der Waals surface area contributed by atoms with Crippen molar-refractivity contribution < 1.29 is 33.6 Å². The number of methoxy groups -OCH3 is 2. The molecule has 0 radical (unpaired) electrons. The molecule has 0 saturated carbocycles. The van der Waals surface area contributed by atoms with E-state index in [4.69, 9.17) is 24.1 Å². The lowest BCUT2D eigenvalue weighted by Gasteiger charge is -2.37. The van der Waals surface area contributed by atoms with Gasteiger partial charge in [-0.3, -0.25) is 19.1 Å². The molecule has 1 aliphatic heterocycles. The van der Waals surface area contributed by atoms with E-state index in [9.17, 15) is 19.2 Å². The van der Waals surface area contributed by atoms with Crippen molar-refractivity contribution in [2.45, 2.75) is 50.5 Å². The molecular weight excluding hydrogens is 592 g/mol. The molecule has 1 aliphatic rings. The van der Waals surface area contributed by atoms with Gasteiger partial charge >= 0.3 is 11.7 Å². The standard InChI is InChI=1S/C30H30N2O6.C5H8O3/c1-35-24-12-8-22(9-13-24)30(21-6-4-3-5-7-21,23-10-14-25(36-2)15-11-23)37-20-26-16-17-28(38-26)32-19-18-27(33)31-29(32)34;1-4(6)2-3-5(7)8/h3-15,18-19,26,28H,16-17,20H2,1-2H3,(H,31,33,34);2-3H2,1H3,(H,7,8)/t26-,28+;/m0./s1. The van der Waals surface area contributed by atoms with Crippen LogP contribution in [0.1, 0.15) is 55.5 Å². The molecule has 46 heavy (non-hydrogen) atoms. The van der Waals surface area contributed by atoms with Gasteiger partial charge in [-0.2, -0.15) is 0 Å². The lowest BCUT2D eigenvalue weighted by atomic mass is 9.80. The molecule has 2 heterocycles. The number of hydrogen-bond acceptors (Lipinski definition) is 8. The highest BCUT2D eigenvalue weighted by atomic mass is 16.6. The fraction of sp³-hybridized carbons (Fsp3) is 0.314. The Morgan fingerprint density at radius 2 is 1.41 bits per heavy atom. The van der Waals surface area contributed by atoms with Crippen LogP contribution in [0.2, 0.25) is 0 Å². The van der Waals surface area contributed by atoms with Gasteiger partial charge in [0.05, 0.1) is 33.4 Å². The van der Waals surface area contributed by atoms with E-state index >= 15 is 0 Å². The first kappa shape index (κ1) is 33.9. The maximum Gasteiger partial charge on any atom is 0.330 e.